The second-order valence-electron chi connectivity index (χ2n) is 5.36. The van der Waals surface area contributed by atoms with Crippen molar-refractivity contribution >= 4 is 11.8 Å². The first-order chi connectivity index (χ1) is 12.0. The number of nitrogens with two attached hydrogens (primary N) is 1. The number of rotatable bonds is 3. The molecule has 4 N–H and O–H groups in total. The molecule has 6 heteroatoms. The highest BCUT2D eigenvalue weighted by molar-refractivity contribution is 5.88. The summed E-state index contributed by atoms with van der Waals surface area (Å²) >= 11 is 0. The molecule has 1 aromatic heterocycles. The largest absolute Gasteiger partial charge is 0.508 e. The number of phenols is 1. The summed E-state index contributed by atoms with van der Waals surface area (Å²) in [7, 11) is 0. The Kier molecular flexibility index (Phi) is 4.06. The van der Waals surface area contributed by atoms with Gasteiger partial charge < -0.3 is 15.9 Å². The van der Waals surface area contributed by atoms with E-state index in [1.165, 1.54) is 24.3 Å². The monoisotopic (exact) mass is 331 g/mol. The summed E-state index contributed by atoms with van der Waals surface area (Å²) in [5.74, 6) is -0.871. The van der Waals surface area contributed by atoms with Crippen LogP contribution in [0.15, 0.2) is 54.6 Å². The van der Waals surface area contributed by atoms with Crippen LogP contribution in [0.4, 0.5) is 5.82 Å². The van der Waals surface area contributed by atoms with Gasteiger partial charge in [0.05, 0.1) is 11.3 Å². The predicted molar refractivity (Wildman–Crippen MR) is 92.9 cm³/mol. The van der Waals surface area contributed by atoms with Gasteiger partial charge in [0.15, 0.2) is 0 Å². The molecule has 0 fully saturated rings. The molecule has 2 aromatic carbocycles. The van der Waals surface area contributed by atoms with Gasteiger partial charge in [0, 0.05) is 11.1 Å². The lowest BCUT2D eigenvalue weighted by molar-refractivity contribution is 0.0697. The minimum absolute atomic E-state index is 0.0700. The van der Waals surface area contributed by atoms with Gasteiger partial charge in [0.1, 0.15) is 23.2 Å². The molecule has 0 saturated carbocycles. The molecule has 0 atom stereocenters. The van der Waals surface area contributed by atoms with Crippen LogP contribution in [0.5, 0.6) is 5.75 Å². The number of aromatic nitrogens is 1. The first-order valence-corrected chi connectivity index (χ1v) is 7.33. The van der Waals surface area contributed by atoms with E-state index in [4.69, 9.17) is 10.8 Å². The molecule has 0 saturated heterocycles. The van der Waals surface area contributed by atoms with Crippen molar-refractivity contribution in [3.05, 3.63) is 65.7 Å². The molecule has 122 valence electrons. The number of pyridine rings is 1. The minimum Gasteiger partial charge on any atom is -0.508 e. The number of hydrogen-bond acceptors (Lipinski definition) is 5. The first-order valence-electron chi connectivity index (χ1n) is 7.33. The minimum atomic E-state index is -1.01. The topological polar surface area (TPSA) is 120 Å². The van der Waals surface area contributed by atoms with E-state index in [1.807, 2.05) is 6.07 Å². The second kappa shape index (κ2) is 6.34. The third kappa shape index (κ3) is 3.12. The number of phenolic OH excluding ortho intramolecular Hbond substituents is 1. The summed E-state index contributed by atoms with van der Waals surface area (Å²) in [5.41, 5.74) is 8.67. The molecule has 25 heavy (non-hydrogen) atoms. The molecule has 0 bridgehead atoms. The van der Waals surface area contributed by atoms with Gasteiger partial charge in [-0.3, -0.25) is 0 Å². The van der Waals surface area contributed by atoms with Gasteiger partial charge in [0.25, 0.3) is 0 Å². The fourth-order valence-corrected chi connectivity index (χ4v) is 2.51. The van der Waals surface area contributed by atoms with E-state index in [2.05, 4.69) is 4.98 Å². The van der Waals surface area contributed by atoms with Crippen LogP contribution in [0.25, 0.3) is 22.4 Å². The van der Waals surface area contributed by atoms with Crippen LogP contribution in [-0.2, 0) is 0 Å². The fourth-order valence-electron chi connectivity index (χ4n) is 2.51. The standard InChI is InChI=1S/C19H13N3O3/c20-10-16-15(13-2-1-3-14(23)8-13)9-17(22-18(16)21)11-4-6-12(7-5-11)19(24)25/h1-9,23H,(H2,21,22)(H,24,25). The van der Waals surface area contributed by atoms with Crippen LogP contribution in [0.3, 0.4) is 0 Å². The molecule has 3 rings (SSSR count). The Morgan fingerprint density at radius 3 is 2.40 bits per heavy atom. The van der Waals surface area contributed by atoms with Gasteiger partial charge in [-0.1, -0.05) is 24.3 Å². The number of carboxylic acid groups (broad SMARTS) is 1. The Hall–Kier alpha value is -3.85. The van der Waals surface area contributed by atoms with Crippen molar-refractivity contribution in [2.45, 2.75) is 0 Å². The van der Waals surface area contributed by atoms with Gasteiger partial charge in [-0.15, -0.1) is 0 Å². The van der Waals surface area contributed by atoms with Gasteiger partial charge in [-0.25, -0.2) is 9.78 Å². The highest BCUT2D eigenvalue weighted by atomic mass is 16.4. The Bertz CT molecular complexity index is 1010. The van der Waals surface area contributed by atoms with Gasteiger partial charge in [0.2, 0.25) is 0 Å². The van der Waals surface area contributed by atoms with Crippen LogP contribution in [0, 0.1) is 11.3 Å². The first kappa shape index (κ1) is 16.0. The smallest absolute Gasteiger partial charge is 0.335 e. The molecule has 6 nitrogen and oxygen atoms in total. The maximum atomic E-state index is 11.0. The van der Waals surface area contributed by atoms with Crippen LogP contribution in [0.1, 0.15) is 15.9 Å². The maximum absolute atomic E-state index is 11.0. The van der Waals surface area contributed by atoms with E-state index in [-0.39, 0.29) is 22.7 Å². The van der Waals surface area contributed by atoms with Crippen molar-refractivity contribution in [2.24, 2.45) is 0 Å². The van der Waals surface area contributed by atoms with Crippen molar-refractivity contribution in [1.29, 1.82) is 5.26 Å². The van der Waals surface area contributed by atoms with Crippen LogP contribution in [0.2, 0.25) is 0 Å². The lowest BCUT2D eigenvalue weighted by Crippen LogP contribution is -2.00. The van der Waals surface area contributed by atoms with E-state index in [0.29, 0.717) is 22.4 Å². The van der Waals surface area contributed by atoms with Gasteiger partial charge >= 0.3 is 5.97 Å². The van der Waals surface area contributed by atoms with Gasteiger partial charge in [-0.05, 0) is 35.9 Å². The zero-order valence-corrected chi connectivity index (χ0v) is 13.0. The zero-order chi connectivity index (χ0) is 18.0. The van der Waals surface area contributed by atoms with Crippen LogP contribution >= 0.6 is 0 Å². The van der Waals surface area contributed by atoms with Crippen LogP contribution in [-0.4, -0.2) is 21.2 Å². The Labute approximate surface area is 143 Å². The lowest BCUT2D eigenvalue weighted by atomic mass is 9.98. The highest BCUT2D eigenvalue weighted by Gasteiger charge is 2.14. The number of nitrogens with zero attached hydrogens (tertiary/aromatic N) is 2. The van der Waals surface area contributed by atoms with Crippen molar-refractivity contribution < 1.29 is 15.0 Å². The molecule has 0 aliphatic heterocycles. The average molecular weight is 331 g/mol. The Balaban J connectivity index is 2.17. The third-order valence-corrected chi connectivity index (χ3v) is 3.74. The molecule has 0 unspecified atom stereocenters. The summed E-state index contributed by atoms with van der Waals surface area (Å²) in [6.45, 7) is 0. The number of carboxylic acids is 1. The third-order valence-electron chi connectivity index (χ3n) is 3.74. The Morgan fingerprint density at radius 2 is 1.80 bits per heavy atom. The van der Waals surface area contributed by atoms with Crippen molar-refractivity contribution in [2.75, 3.05) is 5.73 Å². The molecule has 0 aliphatic carbocycles. The molecule has 3 aromatic rings. The summed E-state index contributed by atoms with van der Waals surface area (Å²) in [6.07, 6.45) is 0. The van der Waals surface area contributed by atoms with Crippen molar-refractivity contribution in [1.82, 2.24) is 4.98 Å². The SMILES string of the molecule is N#Cc1c(-c2cccc(O)c2)cc(-c2ccc(C(=O)O)cc2)nc1N. The maximum Gasteiger partial charge on any atom is 0.335 e. The second-order valence-corrected chi connectivity index (χ2v) is 5.36. The molecule has 0 radical (unpaired) electrons. The quantitative estimate of drug-likeness (QED) is 0.677. The number of carbonyl (C=O) groups is 1. The average Bonchev–Trinajstić information content (AvgIpc) is 2.61. The van der Waals surface area contributed by atoms with Crippen molar-refractivity contribution in [3.63, 3.8) is 0 Å². The fraction of sp³-hybridized carbons (Fsp3) is 0. The number of aromatic carboxylic acids is 1. The summed E-state index contributed by atoms with van der Waals surface area (Å²) < 4.78 is 0. The van der Waals surface area contributed by atoms with E-state index in [1.54, 1.807) is 30.3 Å². The number of aromatic hydroxyl groups is 1. The molecule has 0 amide bonds. The molecular weight excluding hydrogens is 318 g/mol. The number of hydrogen-bond donors (Lipinski definition) is 3. The molecule has 0 aliphatic rings. The number of benzene rings is 2. The van der Waals surface area contributed by atoms with E-state index < -0.39 is 5.97 Å². The number of nitriles is 1. The number of anilines is 1. The zero-order valence-electron chi connectivity index (χ0n) is 13.0. The molecular formula is C19H13N3O3. The highest BCUT2D eigenvalue weighted by Crippen LogP contribution is 2.32. The molecule has 1 heterocycles. The van der Waals surface area contributed by atoms with Crippen molar-refractivity contribution in [3.8, 4) is 34.2 Å². The lowest BCUT2D eigenvalue weighted by Gasteiger charge is -2.10. The normalized spacial score (nSPS) is 10.2. The van der Waals surface area contributed by atoms with E-state index in [9.17, 15) is 15.2 Å². The summed E-state index contributed by atoms with van der Waals surface area (Å²) in [6, 6.07) is 16.4. The van der Waals surface area contributed by atoms with E-state index >= 15 is 0 Å². The molecule has 0 spiro atoms. The van der Waals surface area contributed by atoms with E-state index in [0.717, 1.165) is 0 Å². The number of nitrogen functional groups attached to an aromatic ring is 1. The predicted octanol–water partition coefficient (Wildman–Crippen LogP) is 3.27. The van der Waals surface area contributed by atoms with Crippen LogP contribution < -0.4 is 5.73 Å². The Morgan fingerprint density at radius 1 is 1.08 bits per heavy atom. The summed E-state index contributed by atoms with van der Waals surface area (Å²) in [5, 5.41) is 28.1. The van der Waals surface area contributed by atoms with Gasteiger partial charge in [-0.2, -0.15) is 5.26 Å². The summed E-state index contributed by atoms with van der Waals surface area (Å²) in [4.78, 5) is 15.2.